The van der Waals surface area contributed by atoms with Gasteiger partial charge in [-0.05, 0) is 42.3 Å². The molecule has 0 amide bonds. The van der Waals surface area contributed by atoms with Crippen molar-refractivity contribution in [3.8, 4) is 5.75 Å². The van der Waals surface area contributed by atoms with E-state index in [0.717, 1.165) is 11.1 Å². The summed E-state index contributed by atoms with van der Waals surface area (Å²) in [5.41, 5.74) is 2.46. The van der Waals surface area contributed by atoms with Crippen LogP contribution in [0.15, 0.2) is 66.2 Å². The van der Waals surface area contributed by atoms with Gasteiger partial charge in [-0.2, -0.15) is 0 Å². The van der Waals surface area contributed by atoms with Gasteiger partial charge in [-0.1, -0.05) is 48.5 Å². The van der Waals surface area contributed by atoms with E-state index < -0.39 is 0 Å². The molecule has 0 unspecified atom stereocenters. The van der Waals surface area contributed by atoms with Gasteiger partial charge in [0.15, 0.2) is 0 Å². The molecule has 0 heterocycles. The largest absolute Gasteiger partial charge is 0.508 e. The maximum Gasteiger partial charge on any atom is 0.334 e. The molecule has 0 spiro atoms. The first-order valence-corrected chi connectivity index (χ1v) is 7.01. The lowest BCUT2D eigenvalue weighted by Gasteiger charge is -2.02. The molecule has 112 valence electrons. The highest BCUT2D eigenvalue weighted by Crippen LogP contribution is 2.11. The predicted octanol–water partition coefficient (Wildman–Crippen LogP) is 4.05. The molecule has 0 aliphatic heterocycles. The number of rotatable bonds is 5. The molecule has 0 aliphatic rings. The summed E-state index contributed by atoms with van der Waals surface area (Å²) in [7, 11) is 0. The van der Waals surface area contributed by atoms with Crippen LogP contribution in [0, 0.1) is 0 Å². The number of phenolic OH excluding ortho intramolecular Hbond substituents is 1. The van der Waals surface area contributed by atoms with E-state index >= 15 is 0 Å². The summed E-state index contributed by atoms with van der Waals surface area (Å²) in [5, 5.41) is 9.18. The number of ether oxygens (including phenoxy) is 1. The van der Waals surface area contributed by atoms with Crippen LogP contribution in [0.1, 0.15) is 18.1 Å². The zero-order valence-electron chi connectivity index (χ0n) is 12.4. The van der Waals surface area contributed by atoms with Crippen LogP contribution in [-0.4, -0.2) is 17.7 Å². The molecule has 1 N–H and O–H groups in total. The maximum absolute atomic E-state index is 11.8. The maximum atomic E-state index is 11.8. The standard InChI is InChI=1S/C19H18O3/c1-15(14-17-6-3-2-4-7-17)19(21)22-13-5-8-16-9-11-18(20)12-10-16/h2-12,14,20H,13H2,1H3. The fourth-order valence-corrected chi connectivity index (χ4v) is 1.87. The monoisotopic (exact) mass is 294 g/mol. The second-order valence-electron chi connectivity index (χ2n) is 4.83. The lowest BCUT2D eigenvalue weighted by Crippen LogP contribution is -2.05. The third kappa shape index (κ3) is 4.94. The number of carbonyl (C=O) groups excluding carboxylic acids is 1. The summed E-state index contributed by atoms with van der Waals surface area (Å²) < 4.78 is 5.18. The molecule has 0 saturated carbocycles. The normalized spacial score (nSPS) is 11.6. The molecule has 0 fully saturated rings. The number of esters is 1. The molecule has 0 aromatic heterocycles. The Morgan fingerprint density at radius 3 is 2.41 bits per heavy atom. The van der Waals surface area contributed by atoms with Gasteiger partial charge in [0.05, 0.1) is 0 Å². The number of hydrogen-bond donors (Lipinski definition) is 1. The molecule has 0 aliphatic carbocycles. The van der Waals surface area contributed by atoms with Crippen molar-refractivity contribution in [2.75, 3.05) is 6.61 Å². The quantitative estimate of drug-likeness (QED) is 0.668. The van der Waals surface area contributed by atoms with Crippen molar-refractivity contribution >= 4 is 18.1 Å². The van der Waals surface area contributed by atoms with Crippen LogP contribution in [0.3, 0.4) is 0 Å². The van der Waals surface area contributed by atoms with Crippen LogP contribution < -0.4 is 0 Å². The zero-order chi connectivity index (χ0) is 15.8. The Morgan fingerprint density at radius 2 is 1.73 bits per heavy atom. The second kappa shape index (κ2) is 7.84. The van der Waals surface area contributed by atoms with E-state index in [1.54, 1.807) is 43.3 Å². The molecule has 22 heavy (non-hydrogen) atoms. The Labute approximate surface area is 130 Å². The number of hydrogen-bond acceptors (Lipinski definition) is 3. The number of aromatic hydroxyl groups is 1. The van der Waals surface area contributed by atoms with E-state index in [0.29, 0.717) is 5.57 Å². The zero-order valence-corrected chi connectivity index (χ0v) is 12.4. The summed E-state index contributed by atoms with van der Waals surface area (Å²) in [4.78, 5) is 11.8. The molecule has 0 saturated heterocycles. The van der Waals surface area contributed by atoms with Gasteiger partial charge in [-0.25, -0.2) is 4.79 Å². The average molecular weight is 294 g/mol. The Kier molecular flexibility index (Phi) is 5.55. The van der Waals surface area contributed by atoms with Crippen LogP contribution in [0.2, 0.25) is 0 Å². The second-order valence-corrected chi connectivity index (χ2v) is 4.83. The molecule has 0 bridgehead atoms. The van der Waals surface area contributed by atoms with E-state index in [1.807, 2.05) is 36.4 Å². The lowest BCUT2D eigenvalue weighted by molar-refractivity contribution is -0.137. The Balaban J connectivity index is 1.85. The van der Waals surface area contributed by atoms with Crippen molar-refractivity contribution in [1.29, 1.82) is 0 Å². The average Bonchev–Trinajstić information content (AvgIpc) is 2.54. The highest BCUT2D eigenvalue weighted by Gasteiger charge is 2.04. The van der Waals surface area contributed by atoms with Crippen molar-refractivity contribution in [2.45, 2.75) is 6.92 Å². The summed E-state index contributed by atoms with van der Waals surface area (Å²) in [6, 6.07) is 16.4. The molecule has 2 aromatic rings. The molecule has 0 radical (unpaired) electrons. The highest BCUT2D eigenvalue weighted by molar-refractivity contribution is 5.93. The molecule has 0 atom stereocenters. The van der Waals surface area contributed by atoms with Crippen LogP contribution in [0.4, 0.5) is 0 Å². The van der Waals surface area contributed by atoms with Gasteiger partial charge >= 0.3 is 5.97 Å². The SMILES string of the molecule is CC(=Cc1ccccc1)C(=O)OCC=Cc1ccc(O)cc1. The van der Waals surface area contributed by atoms with E-state index in [4.69, 9.17) is 4.74 Å². The van der Waals surface area contributed by atoms with Crippen molar-refractivity contribution in [3.63, 3.8) is 0 Å². The molecule has 3 heteroatoms. The Hall–Kier alpha value is -2.81. The minimum absolute atomic E-state index is 0.208. The molecule has 2 rings (SSSR count). The first-order chi connectivity index (χ1) is 10.6. The van der Waals surface area contributed by atoms with Crippen LogP contribution in [0.5, 0.6) is 5.75 Å². The van der Waals surface area contributed by atoms with E-state index in [-0.39, 0.29) is 18.3 Å². The van der Waals surface area contributed by atoms with Gasteiger partial charge in [0.1, 0.15) is 12.4 Å². The van der Waals surface area contributed by atoms with E-state index in [2.05, 4.69) is 0 Å². The van der Waals surface area contributed by atoms with Gasteiger partial charge < -0.3 is 9.84 Å². The number of carbonyl (C=O) groups is 1. The molecule has 3 nitrogen and oxygen atoms in total. The van der Waals surface area contributed by atoms with Gasteiger partial charge in [-0.15, -0.1) is 0 Å². The molecular weight excluding hydrogens is 276 g/mol. The third-order valence-electron chi connectivity index (χ3n) is 3.02. The van der Waals surface area contributed by atoms with Gasteiger partial charge in [0.2, 0.25) is 0 Å². The summed E-state index contributed by atoms with van der Waals surface area (Å²) in [6.07, 6.45) is 5.40. The Morgan fingerprint density at radius 1 is 1.05 bits per heavy atom. The van der Waals surface area contributed by atoms with Crippen molar-refractivity contribution in [1.82, 2.24) is 0 Å². The topological polar surface area (TPSA) is 46.5 Å². The van der Waals surface area contributed by atoms with Crippen LogP contribution in [0.25, 0.3) is 12.2 Å². The molecule has 2 aromatic carbocycles. The van der Waals surface area contributed by atoms with Crippen molar-refractivity contribution in [2.24, 2.45) is 0 Å². The van der Waals surface area contributed by atoms with Gasteiger partial charge in [-0.3, -0.25) is 0 Å². The third-order valence-corrected chi connectivity index (χ3v) is 3.02. The lowest BCUT2D eigenvalue weighted by atomic mass is 10.1. The first-order valence-electron chi connectivity index (χ1n) is 7.01. The van der Waals surface area contributed by atoms with Crippen LogP contribution in [-0.2, 0) is 9.53 Å². The van der Waals surface area contributed by atoms with Crippen LogP contribution >= 0.6 is 0 Å². The highest BCUT2D eigenvalue weighted by atomic mass is 16.5. The number of phenols is 1. The first kappa shape index (κ1) is 15.6. The van der Waals surface area contributed by atoms with Crippen molar-refractivity contribution < 1.29 is 14.6 Å². The van der Waals surface area contributed by atoms with E-state index in [1.165, 1.54) is 0 Å². The van der Waals surface area contributed by atoms with Gasteiger partial charge in [0, 0.05) is 5.57 Å². The number of benzene rings is 2. The minimum Gasteiger partial charge on any atom is -0.508 e. The fraction of sp³-hybridized carbons (Fsp3) is 0.105. The van der Waals surface area contributed by atoms with Gasteiger partial charge in [0.25, 0.3) is 0 Å². The summed E-state index contributed by atoms with van der Waals surface area (Å²) in [6.45, 7) is 1.94. The summed E-state index contributed by atoms with van der Waals surface area (Å²) in [5.74, 6) is -0.107. The predicted molar refractivity (Wildman–Crippen MR) is 88.2 cm³/mol. The Bertz CT molecular complexity index is 668. The summed E-state index contributed by atoms with van der Waals surface area (Å²) >= 11 is 0. The minimum atomic E-state index is -0.334. The fourth-order valence-electron chi connectivity index (χ4n) is 1.87. The molecular formula is C19H18O3. The van der Waals surface area contributed by atoms with E-state index in [9.17, 15) is 9.90 Å². The van der Waals surface area contributed by atoms with Crippen molar-refractivity contribution in [3.05, 3.63) is 77.4 Å². The smallest absolute Gasteiger partial charge is 0.334 e.